The van der Waals surface area contributed by atoms with E-state index in [1.54, 1.807) is 0 Å². The van der Waals surface area contributed by atoms with Crippen molar-refractivity contribution in [3.05, 3.63) is 0 Å². The molecule has 3 fully saturated rings. The molecule has 1 aliphatic carbocycles. The molecule has 0 amide bonds. The van der Waals surface area contributed by atoms with Crippen LogP contribution in [0.2, 0.25) is 0 Å². The summed E-state index contributed by atoms with van der Waals surface area (Å²) in [6, 6.07) is 0. The van der Waals surface area contributed by atoms with Crippen molar-refractivity contribution < 1.29 is 8.42 Å². The predicted octanol–water partition coefficient (Wildman–Crippen LogP) is 0.987. The lowest BCUT2D eigenvalue weighted by atomic mass is 9.60. The van der Waals surface area contributed by atoms with Crippen LogP contribution in [-0.2, 0) is 9.84 Å². The molecular weight excluding hydrogens is 234 g/mol. The third kappa shape index (κ3) is 1.45. The topological polar surface area (TPSA) is 46.2 Å². The van der Waals surface area contributed by atoms with Crippen molar-refractivity contribution in [2.75, 3.05) is 24.6 Å². The van der Waals surface area contributed by atoms with Gasteiger partial charge in [-0.1, -0.05) is 12.8 Å². The van der Waals surface area contributed by atoms with Crippen LogP contribution in [0.1, 0.15) is 25.7 Å². The molecule has 1 saturated carbocycles. The molecule has 15 heavy (non-hydrogen) atoms. The highest BCUT2D eigenvalue weighted by Crippen LogP contribution is 2.58. The van der Waals surface area contributed by atoms with E-state index in [0.29, 0.717) is 11.5 Å². The van der Waals surface area contributed by atoms with E-state index in [1.807, 2.05) is 0 Å². The molecule has 0 aromatic heterocycles. The summed E-state index contributed by atoms with van der Waals surface area (Å²) in [6.45, 7) is 1.87. The average molecular weight is 252 g/mol. The first-order valence-electron chi connectivity index (χ1n) is 5.49. The van der Waals surface area contributed by atoms with Crippen molar-refractivity contribution in [1.29, 1.82) is 0 Å². The number of halogens is 1. The molecule has 3 rings (SSSR count). The number of hydrogen-bond donors (Lipinski definition) is 1. The predicted molar refractivity (Wildman–Crippen MR) is 62.1 cm³/mol. The Kier molecular flexibility index (Phi) is 2.60. The van der Waals surface area contributed by atoms with Gasteiger partial charge >= 0.3 is 0 Å². The average Bonchev–Trinajstić information content (AvgIpc) is 2.50. The van der Waals surface area contributed by atoms with Gasteiger partial charge in [0.25, 0.3) is 0 Å². The van der Waals surface area contributed by atoms with Crippen molar-refractivity contribution in [3.8, 4) is 0 Å². The lowest BCUT2D eigenvalue weighted by Crippen LogP contribution is -2.42. The second-order valence-electron chi connectivity index (χ2n) is 5.40. The van der Waals surface area contributed by atoms with Gasteiger partial charge in [0.15, 0.2) is 9.84 Å². The van der Waals surface area contributed by atoms with Gasteiger partial charge in [0.2, 0.25) is 0 Å². The second-order valence-corrected chi connectivity index (χ2v) is 7.47. The largest absolute Gasteiger partial charge is 0.316 e. The molecule has 0 aromatic rings. The minimum absolute atomic E-state index is 0. The smallest absolute Gasteiger partial charge is 0.151 e. The monoisotopic (exact) mass is 251 g/mol. The Morgan fingerprint density at radius 2 is 1.40 bits per heavy atom. The zero-order valence-electron chi connectivity index (χ0n) is 8.79. The zero-order valence-corrected chi connectivity index (χ0v) is 10.4. The Hall–Kier alpha value is 0.200. The van der Waals surface area contributed by atoms with E-state index >= 15 is 0 Å². The summed E-state index contributed by atoms with van der Waals surface area (Å²) < 4.78 is 23.5. The molecule has 0 spiro atoms. The first-order chi connectivity index (χ1) is 6.58. The van der Waals surface area contributed by atoms with Gasteiger partial charge in [-0.25, -0.2) is 8.42 Å². The summed E-state index contributed by atoms with van der Waals surface area (Å²) in [6.07, 6.45) is 4.69. The fourth-order valence-corrected chi connectivity index (χ4v) is 6.89. The van der Waals surface area contributed by atoms with Crippen molar-refractivity contribution in [3.63, 3.8) is 0 Å². The lowest BCUT2D eigenvalue weighted by molar-refractivity contribution is 0.0945. The third-order valence-corrected chi connectivity index (χ3v) is 6.59. The molecule has 88 valence electrons. The van der Waals surface area contributed by atoms with Gasteiger partial charge in [-0.05, 0) is 12.8 Å². The van der Waals surface area contributed by atoms with E-state index in [-0.39, 0.29) is 23.2 Å². The fourth-order valence-electron chi connectivity index (χ4n) is 4.00. The second kappa shape index (κ2) is 3.34. The van der Waals surface area contributed by atoms with Gasteiger partial charge in [-0.15, -0.1) is 12.4 Å². The van der Waals surface area contributed by atoms with Crippen LogP contribution in [0.4, 0.5) is 0 Å². The summed E-state index contributed by atoms with van der Waals surface area (Å²) in [5, 5.41) is 3.42. The molecule has 0 bridgehead atoms. The van der Waals surface area contributed by atoms with Crippen LogP contribution < -0.4 is 5.32 Å². The maximum Gasteiger partial charge on any atom is 0.151 e. The summed E-state index contributed by atoms with van der Waals surface area (Å²) in [5.41, 5.74) is 0.230. The minimum atomic E-state index is -2.75. The molecule has 1 N–H and O–H groups in total. The highest BCUT2D eigenvalue weighted by molar-refractivity contribution is 7.91. The Bertz CT molecular complexity index is 342. The number of hydrogen-bond acceptors (Lipinski definition) is 3. The van der Waals surface area contributed by atoms with E-state index in [9.17, 15) is 8.42 Å². The molecule has 2 atom stereocenters. The maximum atomic E-state index is 11.8. The van der Waals surface area contributed by atoms with Crippen LogP contribution in [0, 0.1) is 10.8 Å². The first kappa shape index (κ1) is 11.7. The molecule has 0 aromatic carbocycles. The fraction of sp³-hybridized carbons (Fsp3) is 1.00. The van der Waals surface area contributed by atoms with E-state index in [2.05, 4.69) is 5.32 Å². The van der Waals surface area contributed by atoms with Crippen molar-refractivity contribution in [1.82, 2.24) is 5.32 Å². The van der Waals surface area contributed by atoms with Crippen LogP contribution in [-0.4, -0.2) is 33.0 Å². The van der Waals surface area contributed by atoms with E-state index in [4.69, 9.17) is 0 Å². The van der Waals surface area contributed by atoms with Gasteiger partial charge in [-0.3, -0.25) is 0 Å². The van der Waals surface area contributed by atoms with Crippen LogP contribution in [0.25, 0.3) is 0 Å². The Morgan fingerprint density at radius 3 is 1.87 bits per heavy atom. The molecule has 3 nitrogen and oxygen atoms in total. The van der Waals surface area contributed by atoms with Gasteiger partial charge < -0.3 is 5.32 Å². The first-order valence-corrected chi connectivity index (χ1v) is 7.31. The van der Waals surface area contributed by atoms with Crippen molar-refractivity contribution in [2.24, 2.45) is 10.8 Å². The Labute approximate surface area is 97.3 Å². The third-order valence-electron chi connectivity index (χ3n) is 4.60. The number of rotatable bonds is 0. The molecule has 3 aliphatic rings. The maximum absolute atomic E-state index is 11.8. The summed E-state index contributed by atoms with van der Waals surface area (Å²) in [4.78, 5) is 0. The van der Waals surface area contributed by atoms with Gasteiger partial charge in [-0.2, -0.15) is 0 Å². The Balaban J connectivity index is 0.000000853. The summed E-state index contributed by atoms with van der Waals surface area (Å²) >= 11 is 0. The molecule has 2 heterocycles. The number of sulfone groups is 1. The van der Waals surface area contributed by atoms with Gasteiger partial charge in [0.05, 0.1) is 11.5 Å². The zero-order chi connectivity index (χ0) is 9.86. The van der Waals surface area contributed by atoms with Crippen molar-refractivity contribution in [2.45, 2.75) is 25.7 Å². The van der Waals surface area contributed by atoms with Crippen molar-refractivity contribution >= 4 is 22.2 Å². The normalized spacial score (nSPS) is 46.7. The molecule has 2 unspecified atom stereocenters. The minimum Gasteiger partial charge on any atom is -0.316 e. The van der Waals surface area contributed by atoms with Gasteiger partial charge in [0, 0.05) is 23.9 Å². The van der Waals surface area contributed by atoms with Crippen LogP contribution in [0.5, 0.6) is 0 Å². The Morgan fingerprint density at radius 1 is 0.933 bits per heavy atom. The highest BCUT2D eigenvalue weighted by Gasteiger charge is 2.63. The van der Waals surface area contributed by atoms with E-state index in [1.165, 1.54) is 12.8 Å². The van der Waals surface area contributed by atoms with Crippen LogP contribution >= 0.6 is 12.4 Å². The molecule has 5 heteroatoms. The highest BCUT2D eigenvalue weighted by atomic mass is 35.5. The number of nitrogens with one attached hydrogen (secondary N) is 1. The molecular formula is C10H18ClNO2S. The van der Waals surface area contributed by atoms with E-state index in [0.717, 1.165) is 25.9 Å². The van der Waals surface area contributed by atoms with Gasteiger partial charge in [0.1, 0.15) is 0 Å². The molecule has 0 radical (unpaired) electrons. The van der Waals surface area contributed by atoms with Crippen LogP contribution in [0.15, 0.2) is 0 Å². The summed E-state index contributed by atoms with van der Waals surface area (Å²) in [7, 11) is -2.75. The van der Waals surface area contributed by atoms with Crippen LogP contribution in [0.3, 0.4) is 0 Å². The standard InChI is InChI=1S/C10H17NO2S.ClH/c12-14(13)7-9-3-1-2-4-10(9,8-14)6-11-5-9;/h11H,1-8H2;1H. The summed E-state index contributed by atoms with van der Waals surface area (Å²) in [5.74, 6) is 0.903. The lowest BCUT2D eigenvalue weighted by Gasteiger charge is -2.42. The molecule has 2 saturated heterocycles. The van der Waals surface area contributed by atoms with E-state index < -0.39 is 9.84 Å². The quantitative estimate of drug-likeness (QED) is 0.698. The SMILES string of the molecule is Cl.O=S1(=O)CC23CCCCC2(CNC3)C1. The molecule has 2 aliphatic heterocycles.